The minimum atomic E-state index is -4.00. The summed E-state index contributed by atoms with van der Waals surface area (Å²) in [5.41, 5.74) is -0.207. The van der Waals surface area contributed by atoms with Gasteiger partial charge in [0, 0.05) is 44.4 Å². The highest BCUT2D eigenvalue weighted by Crippen LogP contribution is 2.31. The second kappa shape index (κ2) is 10.2. The Morgan fingerprint density at radius 2 is 1.93 bits per heavy atom. The monoisotopic (exact) mass is 443 g/mol. The van der Waals surface area contributed by atoms with Gasteiger partial charge in [0.25, 0.3) is 5.69 Å². The first-order chi connectivity index (χ1) is 14.1. The molecule has 0 spiro atoms. The zero-order valence-electron chi connectivity index (χ0n) is 17.2. The first kappa shape index (κ1) is 24.0. The van der Waals surface area contributed by atoms with Crippen molar-refractivity contribution < 1.29 is 28.3 Å². The van der Waals surface area contributed by atoms with Crippen LogP contribution in [0.1, 0.15) is 33.1 Å². The maximum absolute atomic E-state index is 13.4. The van der Waals surface area contributed by atoms with Crippen LogP contribution in [0.25, 0.3) is 0 Å². The summed E-state index contributed by atoms with van der Waals surface area (Å²) in [6.07, 6.45) is 0.425. The molecule has 0 aromatic heterocycles. The maximum Gasteiger partial charge on any atom is 0.407 e. The van der Waals surface area contributed by atoms with Crippen molar-refractivity contribution in [3.63, 3.8) is 0 Å². The molecule has 10 nitrogen and oxygen atoms in total. The molecule has 30 heavy (non-hydrogen) atoms. The number of aliphatic hydroxyl groups excluding tert-OH is 1. The zero-order valence-corrected chi connectivity index (χ0v) is 18.0. The van der Waals surface area contributed by atoms with E-state index in [0.29, 0.717) is 19.3 Å². The summed E-state index contributed by atoms with van der Waals surface area (Å²) in [6, 6.07) is 4.15. The van der Waals surface area contributed by atoms with E-state index in [1.165, 1.54) is 21.3 Å². The number of carboxylic acid groups (broad SMARTS) is 1. The van der Waals surface area contributed by atoms with Crippen LogP contribution >= 0.6 is 0 Å². The van der Waals surface area contributed by atoms with Crippen LogP contribution in [0.3, 0.4) is 0 Å². The van der Waals surface area contributed by atoms with Gasteiger partial charge < -0.3 is 15.1 Å². The minimum absolute atomic E-state index is 0.0513. The van der Waals surface area contributed by atoms with Gasteiger partial charge in [-0.3, -0.25) is 10.1 Å². The molecule has 2 unspecified atom stereocenters. The smallest absolute Gasteiger partial charge is 0.407 e. The van der Waals surface area contributed by atoms with Gasteiger partial charge in [0.05, 0.1) is 9.82 Å². The lowest BCUT2D eigenvalue weighted by molar-refractivity contribution is -0.384. The topological polar surface area (TPSA) is 141 Å². The fraction of sp³-hybridized carbons (Fsp3) is 0.632. The van der Waals surface area contributed by atoms with E-state index < -0.39 is 27.1 Å². The van der Waals surface area contributed by atoms with Crippen molar-refractivity contribution in [1.29, 1.82) is 0 Å². The summed E-state index contributed by atoms with van der Waals surface area (Å²) in [4.78, 5) is 23.0. The quantitative estimate of drug-likeness (QED) is 0.418. The van der Waals surface area contributed by atoms with E-state index in [2.05, 4.69) is 0 Å². The van der Waals surface area contributed by atoms with Crippen molar-refractivity contribution in [2.75, 3.05) is 26.2 Å². The molecule has 1 aromatic rings. The summed E-state index contributed by atoms with van der Waals surface area (Å²) in [5.74, 6) is -0.0133. The van der Waals surface area contributed by atoms with Gasteiger partial charge in [-0.05, 0) is 43.2 Å². The van der Waals surface area contributed by atoms with Crippen molar-refractivity contribution in [3.05, 3.63) is 34.4 Å². The Kier molecular flexibility index (Phi) is 8.16. The molecule has 1 aliphatic rings. The zero-order chi connectivity index (χ0) is 22.5. The van der Waals surface area contributed by atoms with E-state index in [1.807, 2.05) is 13.8 Å². The van der Waals surface area contributed by atoms with Crippen molar-refractivity contribution in [2.24, 2.45) is 11.8 Å². The van der Waals surface area contributed by atoms with Crippen molar-refractivity contribution >= 4 is 21.8 Å². The summed E-state index contributed by atoms with van der Waals surface area (Å²) < 4.78 is 28.2. The van der Waals surface area contributed by atoms with Gasteiger partial charge >= 0.3 is 6.09 Å². The molecule has 2 rings (SSSR count). The minimum Gasteiger partial charge on any atom is -0.465 e. The first-order valence-corrected chi connectivity index (χ1v) is 11.4. The Morgan fingerprint density at radius 3 is 2.43 bits per heavy atom. The van der Waals surface area contributed by atoms with E-state index >= 15 is 0 Å². The predicted molar refractivity (Wildman–Crippen MR) is 110 cm³/mol. The van der Waals surface area contributed by atoms with Crippen LogP contribution in [-0.4, -0.2) is 71.1 Å². The highest BCUT2D eigenvalue weighted by Gasteiger charge is 2.43. The normalized spacial score (nSPS) is 19.6. The summed E-state index contributed by atoms with van der Waals surface area (Å²) >= 11 is 0. The summed E-state index contributed by atoms with van der Waals surface area (Å²) in [7, 11) is -4.00. The number of rotatable bonds is 10. The lowest BCUT2D eigenvalue weighted by Gasteiger charge is -2.32. The van der Waals surface area contributed by atoms with Crippen molar-refractivity contribution in [1.82, 2.24) is 9.21 Å². The van der Waals surface area contributed by atoms with Crippen molar-refractivity contribution in [3.8, 4) is 0 Å². The second-order valence-corrected chi connectivity index (χ2v) is 9.82. The Labute approximate surface area is 176 Å². The molecule has 1 amide bonds. The average Bonchev–Trinajstić information content (AvgIpc) is 3.10. The third-order valence-electron chi connectivity index (χ3n) is 5.36. The molecule has 1 aromatic carbocycles. The fourth-order valence-electron chi connectivity index (χ4n) is 3.70. The number of nitrogens with zero attached hydrogens (tertiary/aromatic N) is 3. The lowest BCUT2D eigenvalue weighted by Crippen LogP contribution is -2.46. The number of carbonyl (C=O) groups is 1. The first-order valence-electron chi connectivity index (χ1n) is 9.93. The van der Waals surface area contributed by atoms with E-state index in [-0.39, 0.29) is 48.7 Å². The molecule has 1 aliphatic heterocycles. The number of benzene rings is 1. The molecule has 0 saturated carbocycles. The van der Waals surface area contributed by atoms with Gasteiger partial charge in [0.2, 0.25) is 10.0 Å². The largest absolute Gasteiger partial charge is 0.465 e. The predicted octanol–water partition coefficient (Wildman–Crippen LogP) is 2.38. The Morgan fingerprint density at radius 1 is 1.30 bits per heavy atom. The molecule has 0 bridgehead atoms. The average molecular weight is 444 g/mol. The summed E-state index contributed by atoms with van der Waals surface area (Å²) in [5, 5.41) is 29.5. The molecule has 168 valence electrons. The number of non-ortho nitro benzene ring substituents is 1. The molecule has 1 heterocycles. The van der Waals surface area contributed by atoms with Gasteiger partial charge in [0.15, 0.2) is 0 Å². The van der Waals surface area contributed by atoms with Crippen LogP contribution in [0.15, 0.2) is 29.2 Å². The highest BCUT2D eigenvalue weighted by molar-refractivity contribution is 7.89. The molecule has 1 saturated heterocycles. The SMILES string of the molecule is CC(C)CCN(C1CN(C(=O)O)CC1CCCO)S(=O)(=O)c1ccc([N+](=O)[O-])cc1. The molecular formula is C19H29N3O7S. The molecular weight excluding hydrogens is 414 g/mol. The molecule has 2 atom stereocenters. The molecule has 2 N–H and O–H groups in total. The van der Waals surface area contributed by atoms with E-state index in [0.717, 1.165) is 12.1 Å². The molecule has 1 fully saturated rings. The van der Waals surface area contributed by atoms with Gasteiger partial charge in [0.1, 0.15) is 0 Å². The summed E-state index contributed by atoms with van der Waals surface area (Å²) in [6.45, 7) is 4.35. The number of likely N-dealkylation sites (tertiary alicyclic amines) is 1. The van der Waals surface area contributed by atoms with E-state index in [4.69, 9.17) is 0 Å². The van der Waals surface area contributed by atoms with Crippen LogP contribution in [0.5, 0.6) is 0 Å². The number of sulfonamides is 1. The third kappa shape index (κ3) is 5.67. The van der Waals surface area contributed by atoms with Crippen LogP contribution in [0.2, 0.25) is 0 Å². The highest BCUT2D eigenvalue weighted by atomic mass is 32.2. The number of nitro benzene ring substituents is 1. The standard InChI is InChI=1S/C19H29N3O7S/c1-14(2)9-10-21(18-13-20(19(24)25)12-15(18)4-3-11-23)30(28,29)17-7-5-16(6-8-17)22(26)27/h5-8,14-15,18,23H,3-4,9-13H2,1-2H3,(H,24,25). The number of amides is 1. The maximum atomic E-state index is 13.4. The van der Waals surface area contributed by atoms with E-state index in [9.17, 15) is 33.5 Å². The second-order valence-electron chi connectivity index (χ2n) is 7.93. The number of nitro groups is 1. The molecule has 0 radical (unpaired) electrons. The van der Waals surface area contributed by atoms with E-state index in [1.54, 1.807) is 0 Å². The number of hydrogen-bond acceptors (Lipinski definition) is 6. The number of aliphatic hydroxyl groups is 1. The third-order valence-corrected chi connectivity index (χ3v) is 7.30. The van der Waals surface area contributed by atoms with Crippen LogP contribution in [0.4, 0.5) is 10.5 Å². The van der Waals surface area contributed by atoms with Crippen LogP contribution in [-0.2, 0) is 10.0 Å². The Bertz CT molecular complexity index is 842. The van der Waals surface area contributed by atoms with Crippen LogP contribution < -0.4 is 0 Å². The van der Waals surface area contributed by atoms with Crippen LogP contribution in [0, 0.1) is 22.0 Å². The van der Waals surface area contributed by atoms with Gasteiger partial charge in [-0.2, -0.15) is 4.31 Å². The van der Waals surface area contributed by atoms with Gasteiger partial charge in [-0.15, -0.1) is 0 Å². The molecule has 0 aliphatic carbocycles. The fourth-order valence-corrected chi connectivity index (χ4v) is 5.39. The number of hydrogen-bond donors (Lipinski definition) is 2. The molecule has 11 heteroatoms. The van der Waals surface area contributed by atoms with Gasteiger partial charge in [-0.25, -0.2) is 13.2 Å². The Balaban J connectivity index is 2.41. The lowest BCUT2D eigenvalue weighted by atomic mass is 9.97. The van der Waals surface area contributed by atoms with Crippen molar-refractivity contribution in [2.45, 2.75) is 44.0 Å². The van der Waals surface area contributed by atoms with Gasteiger partial charge in [-0.1, -0.05) is 13.8 Å². The Hall–Kier alpha value is -2.24.